The smallest absolute Gasteiger partial charge is 0.270 e. The van der Waals surface area contributed by atoms with Crippen LogP contribution in [0.4, 0.5) is 11.4 Å². The van der Waals surface area contributed by atoms with Gasteiger partial charge >= 0.3 is 0 Å². The summed E-state index contributed by atoms with van der Waals surface area (Å²) in [5.74, 6) is -0.145. The van der Waals surface area contributed by atoms with Crippen LogP contribution < -0.4 is 15.1 Å². The lowest BCUT2D eigenvalue weighted by Gasteiger charge is -2.39. The zero-order valence-corrected chi connectivity index (χ0v) is 22.8. The molecule has 2 aromatic carbocycles. The van der Waals surface area contributed by atoms with Gasteiger partial charge in [-0.15, -0.1) is 0 Å². The number of benzene rings is 2. The average molecular weight is 525 g/mol. The molecule has 8 nitrogen and oxygen atoms in total. The summed E-state index contributed by atoms with van der Waals surface area (Å²) in [6.07, 6.45) is 2.23. The fraction of sp³-hybridized carbons (Fsp3) is 0.387. The van der Waals surface area contributed by atoms with E-state index in [9.17, 15) is 9.59 Å². The lowest BCUT2D eigenvalue weighted by molar-refractivity contribution is -0.126. The molecule has 6 rings (SSSR count). The quantitative estimate of drug-likeness (QED) is 0.518. The van der Waals surface area contributed by atoms with Crippen molar-refractivity contribution in [1.29, 1.82) is 0 Å². The second-order valence-electron chi connectivity index (χ2n) is 11.0. The molecule has 2 fully saturated rings. The fourth-order valence-corrected chi connectivity index (χ4v) is 6.24. The molecular weight excluding hydrogens is 488 g/mol. The number of amides is 2. The van der Waals surface area contributed by atoms with Gasteiger partial charge in [0.2, 0.25) is 5.91 Å². The van der Waals surface area contributed by atoms with E-state index in [-0.39, 0.29) is 17.9 Å². The molecule has 4 heterocycles. The number of hydrogen-bond acceptors (Lipinski definition) is 6. The zero-order valence-electron chi connectivity index (χ0n) is 22.8. The Bertz CT molecular complexity index is 1430. The SMILES string of the molecule is C=CC(=O)N1CCN(c2cc(C(=O)NC3CN(C)C3)nc3c2CCN(c2cccc4cccc(C)c24)C3)CC1. The van der Waals surface area contributed by atoms with Crippen LogP contribution in [0.2, 0.25) is 0 Å². The molecule has 202 valence electrons. The maximum absolute atomic E-state index is 13.3. The first-order valence-corrected chi connectivity index (χ1v) is 13.8. The van der Waals surface area contributed by atoms with Gasteiger partial charge in [-0.2, -0.15) is 0 Å². The molecule has 0 unspecified atom stereocenters. The number of aryl methyl sites for hydroxylation is 1. The summed E-state index contributed by atoms with van der Waals surface area (Å²) in [5.41, 5.74) is 6.20. The third-order valence-electron chi connectivity index (χ3n) is 8.33. The van der Waals surface area contributed by atoms with Crippen molar-refractivity contribution in [3.05, 3.63) is 77.6 Å². The first-order chi connectivity index (χ1) is 18.9. The molecule has 0 atom stereocenters. The molecule has 0 radical (unpaired) electrons. The number of pyridine rings is 1. The van der Waals surface area contributed by atoms with Gasteiger partial charge in [-0.05, 0) is 49.6 Å². The minimum Gasteiger partial charge on any atom is -0.368 e. The standard InChI is InChI=1S/C31H36N6O2/c1-4-29(38)36-15-13-35(14-16-36)28-17-25(31(39)32-23-18-34(3)19-23)33-26-20-37(12-11-24(26)28)27-10-6-9-22-8-5-7-21(2)30(22)27/h4-10,17,23H,1,11-16,18-20H2,2-3H3,(H,32,39). The summed E-state index contributed by atoms with van der Waals surface area (Å²) in [5, 5.41) is 5.67. The molecule has 3 aromatic rings. The third kappa shape index (κ3) is 4.85. The van der Waals surface area contributed by atoms with Gasteiger partial charge in [0.05, 0.1) is 18.3 Å². The number of rotatable bonds is 5. The normalized spacial score (nSPS) is 18.1. The molecule has 8 heteroatoms. The van der Waals surface area contributed by atoms with E-state index in [1.807, 2.05) is 11.0 Å². The highest BCUT2D eigenvalue weighted by molar-refractivity contribution is 5.97. The Balaban J connectivity index is 1.33. The molecule has 0 spiro atoms. The largest absolute Gasteiger partial charge is 0.368 e. The Hall–Kier alpha value is -3.91. The topological polar surface area (TPSA) is 72.0 Å². The molecule has 3 aliphatic heterocycles. The number of nitrogens with zero attached hydrogens (tertiary/aromatic N) is 5. The van der Waals surface area contributed by atoms with Crippen molar-refractivity contribution in [1.82, 2.24) is 20.1 Å². The van der Waals surface area contributed by atoms with E-state index in [0.717, 1.165) is 50.5 Å². The number of aromatic nitrogens is 1. The van der Waals surface area contributed by atoms with Crippen LogP contribution in [0.3, 0.4) is 0 Å². The minimum atomic E-state index is -0.115. The van der Waals surface area contributed by atoms with Crippen molar-refractivity contribution in [2.75, 3.05) is 62.7 Å². The van der Waals surface area contributed by atoms with E-state index in [2.05, 4.69) is 77.0 Å². The molecule has 39 heavy (non-hydrogen) atoms. The van der Waals surface area contributed by atoms with E-state index in [0.29, 0.717) is 25.3 Å². The first kappa shape index (κ1) is 25.4. The number of carbonyl (C=O) groups excluding carboxylic acids is 2. The van der Waals surface area contributed by atoms with Gasteiger partial charge in [-0.25, -0.2) is 4.98 Å². The Morgan fingerprint density at radius 3 is 2.46 bits per heavy atom. The van der Waals surface area contributed by atoms with E-state index in [4.69, 9.17) is 4.98 Å². The number of piperazine rings is 1. The maximum atomic E-state index is 13.3. The van der Waals surface area contributed by atoms with Gasteiger partial charge in [-0.1, -0.05) is 36.9 Å². The maximum Gasteiger partial charge on any atom is 0.270 e. The van der Waals surface area contributed by atoms with Crippen LogP contribution in [-0.2, 0) is 17.8 Å². The minimum absolute atomic E-state index is 0.0297. The van der Waals surface area contributed by atoms with Crippen LogP contribution in [0.5, 0.6) is 0 Å². The van der Waals surface area contributed by atoms with Gasteiger partial charge in [0.1, 0.15) is 5.69 Å². The number of fused-ring (bicyclic) bond motifs is 2. The fourth-order valence-electron chi connectivity index (χ4n) is 6.24. The van der Waals surface area contributed by atoms with E-state index >= 15 is 0 Å². The number of anilines is 2. The molecule has 1 aromatic heterocycles. The molecule has 3 aliphatic rings. The Morgan fingerprint density at radius 2 is 1.74 bits per heavy atom. The average Bonchev–Trinajstić information content (AvgIpc) is 2.95. The number of nitrogens with one attached hydrogen (secondary N) is 1. The van der Waals surface area contributed by atoms with Crippen LogP contribution in [0.25, 0.3) is 10.8 Å². The van der Waals surface area contributed by atoms with Crippen molar-refractivity contribution < 1.29 is 9.59 Å². The highest BCUT2D eigenvalue weighted by Gasteiger charge is 2.30. The van der Waals surface area contributed by atoms with Crippen molar-refractivity contribution in [3.63, 3.8) is 0 Å². The number of likely N-dealkylation sites (N-methyl/N-ethyl adjacent to an activating group) is 1. The molecule has 2 amide bonds. The molecule has 0 saturated carbocycles. The predicted octanol–water partition coefficient (Wildman–Crippen LogP) is 2.98. The van der Waals surface area contributed by atoms with Gasteiger partial charge in [0.15, 0.2) is 0 Å². The van der Waals surface area contributed by atoms with Gasteiger partial charge in [0.25, 0.3) is 5.91 Å². The van der Waals surface area contributed by atoms with Gasteiger partial charge < -0.3 is 24.9 Å². The number of carbonyl (C=O) groups is 2. The second-order valence-corrected chi connectivity index (χ2v) is 11.0. The summed E-state index contributed by atoms with van der Waals surface area (Å²) in [7, 11) is 2.05. The summed E-state index contributed by atoms with van der Waals surface area (Å²) in [6.45, 7) is 11.8. The molecule has 0 bridgehead atoms. The van der Waals surface area contributed by atoms with E-state index < -0.39 is 0 Å². The Labute approximate surface area is 229 Å². The summed E-state index contributed by atoms with van der Waals surface area (Å²) in [6, 6.07) is 15.0. The summed E-state index contributed by atoms with van der Waals surface area (Å²) in [4.78, 5) is 39.2. The highest BCUT2D eigenvalue weighted by atomic mass is 16.2. The van der Waals surface area contributed by atoms with Crippen LogP contribution in [0.15, 0.2) is 55.1 Å². The Morgan fingerprint density at radius 1 is 1.00 bits per heavy atom. The van der Waals surface area contributed by atoms with Crippen LogP contribution in [0, 0.1) is 6.92 Å². The number of likely N-dealkylation sites (tertiary alicyclic amines) is 1. The van der Waals surface area contributed by atoms with Gasteiger partial charge in [0, 0.05) is 68.1 Å². The summed E-state index contributed by atoms with van der Waals surface area (Å²) < 4.78 is 0. The Kier molecular flexibility index (Phi) is 6.73. The molecule has 2 saturated heterocycles. The predicted molar refractivity (Wildman–Crippen MR) is 155 cm³/mol. The van der Waals surface area contributed by atoms with Crippen LogP contribution in [-0.4, -0.2) is 85.5 Å². The highest BCUT2D eigenvalue weighted by Crippen LogP contribution is 2.35. The zero-order chi connectivity index (χ0) is 27.1. The van der Waals surface area contributed by atoms with Gasteiger partial charge in [-0.3, -0.25) is 9.59 Å². The van der Waals surface area contributed by atoms with Crippen LogP contribution >= 0.6 is 0 Å². The monoisotopic (exact) mass is 524 g/mol. The molecule has 1 N–H and O–H groups in total. The number of hydrogen-bond donors (Lipinski definition) is 1. The van der Waals surface area contributed by atoms with Crippen molar-refractivity contribution >= 4 is 34.0 Å². The lowest BCUT2D eigenvalue weighted by Crippen LogP contribution is -2.57. The molecular formula is C31H36N6O2. The van der Waals surface area contributed by atoms with E-state index in [1.54, 1.807) is 0 Å². The first-order valence-electron chi connectivity index (χ1n) is 13.8. The second kappa shape index (κ2) is 10.3. The third-order valence-corrected chi connectivity index (χ3v) is 8.33. The van der Waals surface area contributed by atoms with Crippen LogP contribution in [0.1, 0.15) is 27.3 Å². The van der Waals surface area contributed by atoms with Crippen molar-refractivity contribution in [2.24, 2.45) is 0 Å². The molecule has 0 aliphatic carbocycles. The van der Waals surface area contributed by atoms with E-state index in [1.165, 1.54) is 33.7 Å². The lowest BCUT2D eigenvalue weighted by atomic mass is 9.97. The van der Waals surface area contributed by atoms with Crippen molar-refractivity contribution in [2.45, 2.75) is 25.9 Å². The van der Waals surface area contributed by atoms with Crippen molar-refractivity contribution in [3.8, 4) is 0 Å². The summed E-state index contributed by atoms with van der Waals surface area (Å²) >= 11 is 0.